The summed E-state index contributed by atoms with van der Waals surface area (Å²) in [6.07, 6.45) is 1.40. The van der Waals surface area contributed by atoms with Crippen LogP contribution in [0.15, 0.2) is 36.7 Å². The minimum absolute atomic E-state index is 0. The van der Waals surface area contributed by atoms with Gasteiger partial charge in [-0.3, -0.25) is 10.1 Å². The number of carbonyl (C=O) groups excluding carboxylic acids is 1. The van der Waals surface area contributed by atoms with Crippen LogP contribution in [0.3, 0.4) is 0 Å². The maximum absolute atomic E-state index is 12.3. The molecule has 1 N–H and O–H groups in total. The second kappa shape index (κ2) is 6.18. The number of nitrogens with one attached hydrogen (secondary N) is 1. The number of aryl methyl sites for hydroxylation is 2. The number of amides is 1. The molecule has 0 unspecified atom stereocenters. The van der Waals surface area contributed by atoms with Crippen molar-refractivity contribution in [3.63, 3.8) is 0 Å². The first-order valence-corrected chi connectivity index (χ1v) is 6.22. The van der Waals surface area contributed by atoms with E-state index in [1.54, 1.807) is 13.1 Å². The molecule has 1 heterocycles. The third-order valence-corrected chi connectivity index (χ3v) is 3.29. The zero-order valence-corrected chi connectivity index (χ0v) is 14.6. The monoisotopic (exact) mass is 449 g/mol. The van der Waals surface area contributed by atoms with E-state index in [-0.39, 0.29) is 27.0 Å². The molecule has 0 saturated heterocycles. The summed E-state index contributed by atoms with van der Waals surface area (Å²) in [7, 11) is 1.72. The Labute approximate surface area is 136 Å². The molecule has 1 amide bonds. The molecule has 0 aliphatic carbocycles. The van der Waals surface area contributed by atoms with Crippen molar-refractivity contribution in [2.24, 2.45) is 7.05 Å². The molecule has 2 aromatic carbocycles. The molecular formula is C15H13N4OW-. The number of hydrogen-bond acceptors (Lipinski definition) is 3. The van der Waals surface area contributed by atoms with Gasteiger partial charge in [-0.05, 0) is 5.56 Å². The molecule has 3 rings (SSSR count). The van der Waals surface area contributed by atoms with Gasteiger partial charge in [0, 0.05) is 28.1 Å². The van der Waals surface area contributed by atoms with Crippen molar-refractivity contribution in [1.29, 1.82) is 0 Å². The maximum Gasteiger partial charge on any atom is 0.227 e. The van der Waals surface area contributed by atoms with Gasteiger partial charge in [-0.2, -0.15) is 10.1 Å². The van der Waals surface area contributed by atoms with Gasteiger partial charge >= 0.3 is 0 Å². The van der Waals surface area contributed by atoms with E-state index in [0.717, 1.165) is 16.3 Å². The van der Waals surface area contributed by atoms with Crippen LogP contribution in [0.2, 0.25) is 0 Å². The molecule has 21 heavy (non-hydrogen) atoms. The van der Waals surface area contributed by atoms with E-state index in [0.29, 0.717) is 11.5 Å². The molecule has 0 spiro atoms. The van der Waals surface area contributed by atoms with Gasteiger partial charge in [0.25, 0.3) is 0 Å². The van der Waals surface area contributed by atoms with Crippen molar-refractivity contribution < 1.29 is 25.9 Å². The molecule has 0 aliphatic rings. The fraction of sp³-hybridized carbons (Fsp3) is 0.133. The first-order valence-electron chi connectivity index (χ1n) is 6.22. The maximum atomic E-state index is 12.3. The van der Waals surface area contributed by atoms with Crippen LogP contribution in [-0.4, -0.2) is 20.7 Å². The van der Waals surface area contributed by atoms with Crippen molar-refractivity contribution >= 4 is 22.6 Å². The van der Waals surface area contributed by atoms with E-state index < -0.39 is 0 Å². The molecule has 106 valence electrons. The summed E-state index contributed by atoms with van der Waals surface area (Å²) in [5.41, 5.74) is 1.52. The Morgan fingerprint density at radius 2 is 2.10 bits per heavy atom. The van der Waals surface area contributed by atoms with Crippen molar-refractivity contribution in [3.05, 3.63) is 53.9 Å². The quantitative estimate of drug-likeness (QED) is 0.612. The van der Waals surface area contributed by atoms with Gasteiger partial charge in [0.15, 0.2) is 0 Å². The van der Waals surface area contributed by atoms with E-state index in [1.807, 2.05) is 31.2 Å². The Morgan fingerprint density at radius 1 is 1.33 bits per heavy atom. The topological polar surface area (TPSA) is 59.8 Å². The molecule has 0 atom stereocenters. The van der Waals surface area contributed by atoms with E-state index in [9.17, 15) is 4.79 Å². The van der Waals surface area contributed by atoms with Crippen LogP contribution >= 0.6 is 0 Å². The second-order valence-electron chi connectivity index (χ2n) is 4.53. The van der Waals surface area contributed by atoms with E-state index in [2.05, 4.69) is 21.5 Å². The van der Waals surface area contributed by atoms with Gasteiger partial charge in [0.05, 0.1) is 0 Å². The van der Waals surface area contributed by atoms with Gasteiger partial charge in [-0.25, -0.2) is 4.68 Å². The molecular weight excluding hydrogens is 436 g/mol. The molecule has 1 aromatic heterocycles. The van der Waals surface area contributed by atoms with Crippen LogP contribution in [0.5, 0.6) is 0 Å². The average Bonchev–Trinajstić information content (AvgIpc) is 2.85. The standard InChI is InChI=1S/C15H13N4O.W/c1-10-12-6-4-3-5-11(12)7-8-13(10)14(20)18-15-16-9-17-19(15)2;/h3-6,8-9H,1-2H3,(H,16,17,18,20);/q-1;. The number of hydrogen-bond donors (Lipinski definition) is 1. The smallest absolute Gasteiger partial charge is 0.227 e. The molecule has 3 aromatic rings. The van der Waals surface area contributed by atoms with Crippen molar-refractivity contribution in [1.82, 2.24) is 14.8 Å². The zero-order valence-electron chi connectivity index (χ0n) is 11.6. The molecule has 0 aliphatic heterocycles. The van der Waals surface area contributed by atoms with Crippen LogP contribution in [0, 0.1) is 13.0 Å². The van der Waals surface area contributed by atoms with Crippen molar-refractivity contribution in [2.45, 2.75) is 6.92 Å². The minimum Gasteiger partial charge on any atom is -0.299 e. The van der Waals surface area contributed by atoms with Gasteiger partial charge in [0.2, 0.25) is 11.9 Å². The van der Waals surface area contributed by atoms with Crippen LogP contribution in [0.4, 0.5) is 5.95 Å². The minimum atomic E-state index is -0.208. The number of carbonyl (C=O) groups is 1. The molecule has 6 heteroatoms. The van der Waals surface area contributed by atoms with E-state index in [4.69, 9.17) is 0 Å². The molecule has 0 bridgehead atoms. The fourth-order valence-corrected chi connectivity index (χ4v) is 2.15. The normalized spacial score (nSPS) is 10.2. The summed E-state index contributed by atoms with van der Waals surface area (Å²) in [5.74, 6) is 0.211. The molecule has 0 fully saturated rings. The van der Waals surface area contributed by atoms with Crippen LogP contribution < -0.4 is 5.32 Å². The van der Waals surface area contributed by atoms with Gasteiger partial charge in [0.1, 0.15) is 6.33 Å². The Bertz CT molecular complexity index is 797. The van der Waals surface area contributed by atoms with E-state index >= 15 is 0 Å². The average molecular weight is 449 g/mol. The Hall–Kier alpha value is -2.00. The van der Waals surface area contributed by atoms with Crippen molar-refractivity contribution in [2.75, 3.05) is 5.32 Å². The van der Waals surface area contributed by atoms with Gasteiger partial charge in [-0.1, -0.05) is 19.1 Å². The van der Waals surface area contributed by atoms with Gasteiger partial charge < -0.3 is 0 Å². The SMILES string of the molecule is Cc1c(C(=O)Nc2ncnn2C)c[c-]c2ccccc12.[W]. The summed E-state index contributed by atoms with van der Waals surface area (Å²) < 4.78 is 1.51. The zero-order chi connectivity index (χ0) is 14.1. The molecule has 0 radical (unpaired) electrons. The number of benzene rings is 2. The Kier molecular flexibility index (Phi) is 4.53. The van der Waals surface area contributed by atoms with Crippen LogP contribution in [0.1, 0.15) is 15.9 Å². The molecule has 5 nitrogen and oxygen atoms in total. The second-order valence-corrected chi connectivity index (χ2v) is 4.53. The number of aromatic nitrogens is 3. The van der Waals surface area contributed by atoms with Crippen molar-refractivity contribution in [3.8, 4) is 0 Å². The van der Waals surface area contributed by atoms with Gasteiger partial charge in [-0.15, -0.1) is 40.6 Å². The predicted molar refractivity (Wildman–Crippen MR) is 76.5 cm³/mol. The summed E-state index contributed by atoms with van der Waals surface area (Å²) in [6, 6.07) is 12.7. The number of fused-ring (bicyclic) bond motifs is 1. The number of nitrogens with zero attached hydrogens (tertiary/aromatic N) is 3. The Morgan fingerprint density at radius 3 is 2.81 bits per heavy atom. The first-order chi connectivity index (χ1) is 9.66. The predicted octanol–water partition coefficient (Wildman–Crippen LogP) is 2.33. The number of rotatable bonds is 2. The third kappa shape index (κ3) is 2.88. The first kappa shape index (κ1) is 15.4. The summed E-state index contributed by atoms with van der Waals surface area (Å²) in [5, 5.41) is 8.69. The van der Waals surface area contributed by atoms with E-state index in [1.165, 1.54) is 11.0 Å². The fourth-order valence-electron chi connectivity index (χ4n) is 2.15. The largest absolute Gasteiger partial charge is 0.299 e. The van der Waals surface area contributed by atoms with Crippen LogP contribution in [-0.2, 0) is 28.1 Å². The summed E-state index contributed by atoms with van der Waals surface area (Å²) in [6.45, 7) is 1.93. The Balaban J connectivity index is 0.00000161. The summed E-state index contributed by atoms with van der Waals surface area (Å²) in [4.78, 5) is 16.3. The summed E-state index contributed by atoms with van der Waals surface area (Å²) >= 11 is 0. The molecule has 0 saturated carbocycles. The number of anilines is 1. The third-order valence-electron chi connectivity index (χ3n) is 3.29. The van der Waals surface area contributed by atoms with Crippen LogP contribution in [0.25, 0.3) is 10.8 Å².